The molecule has 8 heteroatoms. The number of nitrogens with one attached hydrogen (secondary N) is 1. The maximum absolute atomic E-state index is 13.9. The number of nitrogens with zero attached hydrogens (tertiary/aromatic N) is 3. The van der Waals surface area contributed by atoms with Gasteiger partial charge in [-0.05, 0) is 54.7 Å². The predicted octanol–water partition coefficient (Wildman–Crippen LogP) is 5.87. The molecule has 1 aliphatic heterocycles. The van der Waals surface area contributed by atoms with Crippen LogP contribution in [-0.2, 0) is 15.0 Å². The highest BCUT2D eigenvalue weighted by Crippen LogP contribution is 2.48. The molecule has 4 rings (SSSR count). The normalized spacial score (nSPS) is 16.0. The van der Waals surface area contributed by atoms with Crippen LogP contribution in [0.5, 0.6) is 0 Å². The topological polar surface area (TPSA) is 67.2 Å². The first-order valence-corrected chi connectivity index (χ1v) is 14.1. The highest BCUT2D eigenvalue weighted by Gasteiger charge is 2.40. The monoisotopic (exact) mass is 536 g/mol. The third-order valence-electron chi connectivity index (χ3n) is 6.79. The summed E-state index contributed by atoms with van der Waals surface area (Å²) < 4.78 is 15.7. The van der Waals surface area contributed by atoms with E-state index in [1.165, 1.54) is 23.9 Å². The van der Waals surface area contributed by atoms with Crippen molar-refractivity contribution < 1.29 is 14.0 Å². The van der Waals surface area contributed by atoms with E-state index in [-0.39, 0.29) is 40.6 Å². The van der Waals surface area contributed by atoms with Gasteiger partial charge in [0.2, 0.25) is 11.8 Å². The number of anilines is 1. The Morgan fingerprint density at radius 2 is 1.84 bits per heavy atom. The standard InChI is InChI=1S/C30H37FN4O2S/c1-18(2)15-32-24(36)16-34-25(37)17-38-27(21-11-13-22(31)14-12-21)26-28(30(5,6)7)33-35(29(26)34)23-10-8-9-19(3)20(23)4/h8-14,18,27H,15-17H2,1-7H3,(H,32,36)/t27-/m0/s1. The molecule has 1 atom stereocenters. The minimum atomic E-state index is -0.356. The molecule has 0 saturated carbocycles. The van der Waals surface area contributed by atoms with Crippen LogP contribution in [0.1, 0.15) is 67.8 Å². The Morgan fingerprint density at radius 3 is 2.47 bits per heavy atom. The lowest BCUT2D eigenvalue weighted by atomic mass is 9.87. The fourth-order valence-corrected chi connectivity index (χ4v) is 5.82. The molecule has 38 heavy (non-hydrogen) atoms. The second-order valence-corrected chi connectivity index (χ2v) is 12.5. The quantitative estimate of drug-likeness (QED) is 0.428. The van der Waals surface area contributed by atoms with Gasteiger partial charge in [-0.25, -0.2) is 9.07 Å². The smallest absolute Gasteiger partial charge is 0.240 e. The Labute approximate surface area is 229 Å². The molecule has 6 nitrogen and oxygen atoms in total. The van der Waals surface area contributed by atoms with Crippen LogP contribution in [0.25, 0.3) is 5.69 Å². The lowest BCUT2D eigenvalue weighted by molar-refractivity contribution is -0.123. The molecular formula is C30H37FN4O2S. The summed E-state index contributed by atoms with van der Waals surface area (Å²) in [5.41, 5.74) is 5.28. The number of amides is 2. The maximum atomic E-state index is 13.9. The number of benzene rings is 2. The van der Waals surface area contributed by atoms with Crippen LogP contribution < -0.4 is 10.2 Å². The van der Waals surface area contributed by atoms with E-state index in [0.29, 0.717) is 18.3 Å². The minimum Gasteiger partial charge on any atom is -0.354 e. The van der Waals surface area contributed by atoms with Gasteiger partial charge in [0.25, 0.3) is 0 Å². The molecule has 0 radical (unpaired) electrons. The summed E-state index contributed by atoms with van der Waals surface area (Å²) in [6, 6.07) is 12.5. The van der Waals surface area contributed by atoms with Gasteiger partial charge >= 0.3 is 0 Å². The number of fused-ring (bicyclic) bond motifs is 1. The summed E-state index contributed by atoms with van der Waals surface area (Å²) in [5, 5.41) is 7.84. The van der Waals surface area contributed by atoms with Crippen molar-refractivity contribution in [2.75, 3.05) is 23.7 Å². The number of carbonyl (C=O) groups excluding carboxylic acids is 2. The van der Waals surface area contributed by atoms with Gasteiger partial charge in [-0.15, -0.1) is 11.8 Å². The van der Waals surface area contributed by atoms with Crippen molar-refractivity contribution >= 4 is 29.4 Å². The molecule has 0 saturated heterocycles. The molecule has 2 aromatic carbocycles. The highest BCUT2D eigenvalue weighted by molar-refractivity contribution is 8.00. The fraction of sp³-hybridized carbons (Fsp3) is 0.433. The number of rotatable bonds is 6. The number of aromatic nitrogens is 2. The molecular weight excluding hydrogens is 499 g/mol. The molecule has 3 aromatic rings. The van der Waals surface area contributed by atoms with Crippen molar-refractivity contribution in [2.24, 2.45) is 5.92 Å². The zero-order valence-electron chi connectivity index (χ0n) is 23.3. The highest BCUT2D eigenvalue weighted by atomic mass is 32.2. The van der Waals surface area contributed by atoms with Crippen molar-refractivity contribution in [3.63, 3.8) is 0 Å². The first-order valence-electron chi connectivity index (χ1n) is 13.0. The maximum Gasteiger partial charge on any atom is 0.240 e. The number of carbonyl (C=O) groups is 2. The molecule has 0 aliphatic carbocycles. The first kappa shape index (κ1) is 27.9. The van der Waals surface area contributed by atoms with Crippen LogP contribution in [-0.4, -0.2) is 40.4 Å². The molecule has 202 valence electrons. The Kier molecular flexibility index (Phi) is 8.02. The van der Waals surface area contributed by atoms with E-state index in [2.05, 4.69) is 26.1 Å². The molecule has 0 bridgehead atoms. The minimum absolute atomic E-state index is 0.102. The van der Waals surface area contributed by atoms with Gasteiger partial charge in [-0.1, -0.05) is 58.9 Å². The predicted molar refractivity (Wildman–Crippen MR) is 153 cm³/mol. The Hall–Kier alpha value is -3.13. The molecule has 2 amide bonds. The second-order valence-electron chi connectivity index (χ2n) is 11.4. The SMILES string of the molecule is Cc1cccc(-n2nc(C(C)(C)C)c3c2N(CC(=O)NCC(C)C)C(=O)CS[C@H]3c2ccc(F)cc2)c1C. The van der Waals surface area contributed by atoms with Gasteiger partial charge in [0.05, 0.1) is 22.4 Å². The third-order valence-corrected chi connectivity index (χ3v) is 8.04. The van der Waals surface area contributed by atoms with Crippen LogP contribution in [0.15, 0.2) is 42.5 Å². The molecule has 1 aliphatic rings. The zero-order valence-corrected chi connectivity index (χ0v) is 24.1. The number of hydrogen-bond donors (Lipinski definition) is 1. The number of hydrogen-bond acceptors (Lipinski definition) is 4. The van der Waals surface area contributed by atoms with Gasteiger partial charge in [-0.2, -0.15) is 5.10 Å². The van der Waals surface area contributed by atoms with Crippen LogP contribution >= 0.6 is 11.8 Å². The zero-order chi connectivity index (χ0) is 27.8. The van der Waals surface area contributed by atoms with E-state index in [1.54, 1.807) is 17.0 Å². The largest absolute Gasteiger partial charge is 0.354 e. The van der Waals surface area contributed by atoms with Crippen LogP contribution in [0.3, 0.4) is 0 Å². The molecule has 2 heterocycles. The van der Waals surface area contributed by atoms with Crippen LogP contribution in [0, 0.1) is 25.6 Å². The molecule has 0 fully saturated rings. The number of halogens is 1. The van der Waals surface area contributed by atoms with Gasteiger partial charge in [-0.3, -0.25) is 14.5 Å². The van der Waals surface area contributed by atoms with Crippen molar-refractivity contribution in [2.45, 2.75) is 59.1 Å². The van der Waals surface area contributed by atoms with Crippen LogP contribution in [0.2, 0.25) is 0 Å². The van der Waals surface area contributed by atoms with E-state index in [9.17, 15) is 14.0 Å². The number of thioether (sulfide) groups is 1. The van der Waals surface area contributed by atoms with Crippen molar-refractivity contribution in [3.8, 4) is 5.69 Å². The third kappa shape index (κ3) is 5.65. The Balaban J connectivity index is 2.00. The summed E-state index contributed by atoms with van der Waals surface area (Å²) in [7, 11) is 0. The summed E-state index contributed by atoms with van der Waals surface area (Å²) in [5.74, 6) is 0.397. The first-order chi connectivity index (χ1) is 17.9. The van der Waals surface area contributed by atoms with Crippen molar-refractivity contribution in [3.05, 3.63) is 76.2 Å². The van der Waals surface area contributed by atoms with E-state index in [0.717, 1.165) is 33.6 Å². The summed E-state index contributed by atoms with van der Waals surface area (Å²) in [6.45, 7) is 14.9. The Bertz CT molecular complexity index is 1340. The number of aryl methyl sites for hydroxylation is 1. The van der Waals surface area contributed by atoms with Gasteiger partial charge in [0.15, 0.2) is 0 Å². The average Bonchev–Trinajstić information content (AvgIpc) is 3.18. The fourth-order valence-electron chi connectivity index (χ4n) is 4.62. The van der Waals surface area contributed by atoms with Crippen molar-refractivity contribution in [1.82, 2.24) is 15.1 Å². The average molecular weight is 537 g/mol. The molecule has 1 aromatic heterocycles. The van der Waals surface area contributed by atoms with E-state index >= 15 is 0 Å². The lowest BCUT2D eigenvalue weighted by Gasteiger charge is -2.25. The van der Waals surface area contributed by atoms with Gasteiger partial charge in [0, 0.05) is 17.5 Å². The summed E-state index contributed by atoms with van der Waals surface area (Å²) >= 11 is 1.49. The Morgan fingerprint density at radius 1 is 1.16 bits per heavy atom. The van der Waals surface area contributed by atoms with E-state index < -0.39 is 0 Å². The molecule has 0 spiro atoms. The summed E-state index contributed by atoms with van der Waals surface area (Å²) in [6.07, 6.45) is 0. The van der Waals surface area contributed by atoms with Gasteiger partial charge in [0.1, 0.15) is 18.2 Å². The van der Waals surface area contributed by atoms with E-state index in [4.69, 9.17) is 5.10 Å². The summed E-state index contributed by atoms with van der Waals surface area (Å²) in [4.78, 5) is 28.4. The second kappa shape index (κ2) is 10.9. The van der Waals surface area contributed by atoms with Crippen molar-refractivity contribution in [1.29, 1.82) is 0 Å². The molecule has 0 unspecified atom stereocenters. The molecule has 1 N–H and O–H groups in total. The van der Waals surface area contributed by atoms with Crippen LogP contribution in [0.4, 0.5) is 10.2 Å². The van der Waals surface area contributed by atoms with E-state index in [1.807, 2.05) is 50.6 Å². The van der Waals surface area contributed by atoms with Gasteiger partial charge < -0.3 is 5.32 Å². The lowest BCUT2D eigenvalue weighted by Crippen LogP contribution is -2.43.